The lowest BCUT2D eigenvalue weighted by atomic mass is 9.89. The fourth-order valence-electron chi connectivity index (χ4n) is 6.11. The first-order chi connectivity index (χ1) is 24.7. The van der Waals surface area contributed by atoms with Crippen molar-refractivity contribution in [3.8, 4) is 11.5 Å². The molecule has 2 atom stereocenters. The van der Waals surface area contributed by atoms with Crippen LogP contribution in [0.4, 0.5) is 0 Å². The lowest BCUT2D eigenvalue weighted by Gasteiger charge is -2.17. The van der Waals surface area contributed by atoms with Crippen LogP contribution in [-0.4, -0.2) is 46.6 Å². The largest absolute Gasteiger partial charge is 0.508 e. The Labute approximate surface area is 305 Å². The third kappa shape index (κ3) is 20.7. The summed E-state index contributed by atoms with van der Waals surface area (Å²) >= 11 is 0. The van der Waals surface area contributed by atoms with Crippen molar-refractivity contribution in [1.29, 1.82) is 0 Å². The molecule has 9 heteroatoms. The van der Waals surface area contributed by atoms with E-state index in [0.29, 0.717) is 30.8 Å². The molecule has 2 aromatic carbocycles. The Balaban J connectivity index is 1.48. The van der Waals surface area contributed by atoms with Crippen LogP contribution in [0.15, 0.2) is 48.5 Å². The van der Waals surface area contributed by atoms with Gasteiger partial charge in [-0.3, -0.25) is 19.2 Å². The maximum atomic E-state index is 12.9. The van der Waals surface area contributed by atoms with Crippen LogP contribution in [0.2, 0.25) is 0 Å². The zero-order valence-electron chi connectivity index (χ0n) is 31.0. The van der Waals surface area contributed by atoms with Gasteiger partial charge in [0, 0.05) is 12.8 Å². The predicted molar refractivity (Wildman–Crippen MR) is 201 cm³/mol. The minimum Gasteiger partial charge on any atom is -0.508 e. The van der Waals surface area contributed by atoms with Crippen molar-refractivity contribution in [1.82, 2.24) is 0 Å². The number of benzene rings is 2. The van der Waals surface area contributed by atoms with Crippen molar-refractivity contribution in [2.45, 2.75) is 154 Å². The van der Waals surface area contributed by atoms with E-state index in [2.05, 4.69) is 6.92 Å². The Bertz CT molecular complexity index is 1260. The van der Waals surface area contributed by atoms with Gasteiger partial charge in [0.15, 0.2) is 5.78 Å². The zero-order valence-corrected chi connectivity index (χ0v) is 31.0. The number of rotatable bonds is 30. The van der Waals surface area contributed by atoms with Crippen molar-refractivity contribution in [3.05, 3.63) is 59.7 Å². The van der Waals surface area contributed by atoms with Crippen LogP contribution in [0.1, 0.15) is 146 Å². The summed E-state index contributed by atoms with van der Waals surface area (Å²) in [6, 6.07) is 11.8. The summed E-state index contributed by atoms with van der Waals surface area (Å²) in [6.07, 6.45) is 21.6. The number of hydrogen-bond acceptors (Lipinski definition) is 8. The number of aromatic hydroxyl groups is 1. The molecule has 2 aromatic rings. The number of Topliss-reactive ketones (excluding diaryl/α,β-unsaturated/α-hetero) is 1. The zero-order chi connectivity index (χ0) is 37.1. The summed E-state index contributed by atoms with van der Waals surface area (Å²) in [6.45, 7) is 2.80. The van der Waals surface area contributed by atoms with Crippen molar-refractivity contribution >= 4 is 23.7 Å². The van der Waals surface area contributed by atoms with Gasteiger partial charge in [-0.2, -0.15) is 0 Å². The number of aliphatic carboxylic acids is 1. The van der Waals surface area contributed by atoms with Crippen LogP contribution in [0, 0.1) is 5.92 Å². The molecule has 0 spiro atoms. The smallest absolute Gasteiger partial charge is 0.314 e. The molecule has 284 valence electrons. The minimum absolute atomic E-state index is 0.0301. The summed E-state index contributed by atoms with van der Waals surface area (Å²) in [7, 11) is 0. The van der Waals surface area contributed by atoms with Gasteiger partial charge < -0.3 is 25.4 Å². The number of hydrogen-bond donors (Lipinski definition) is 3. The van der Waals surface area contributed by atoms with E-state index in [9.17, 15) is 29.4 Å². The molecule has 0 radical (unpaired) electrons. The molecule has 0 aliphatic carbocycles. The van der Waals surface area contributed by atoms with Gasteiger partial charge in [0.1, 0.15) is 17.4 Å². The number of esters is 2. The highest BCUT2D eigenvalue weighted by atomic mass is 16.5. The fourth-order valence-corrected chi connectivity index (χ4v) is 6.11. The summed E-state index contributed by atoms with van der Waals surface area (Å²) in [5.41, 5.74) is 7.39. The van der Waals surface area contributed by atoms with Crippen LogP contribution in [0.5, 0.6) is 11.5 Å². The van der Waals surface area contributed by atoms with E-state index >= 15 is 0 Å². The number of carboxylic acid groups (broad SMARTS) is 1. The molecule has 0 amide bonds. The average molecular weight is 710 g/mol. The first-order valence-corrected chi connectivity index (χ1v) is 19.4. The Hall–Kier alpha value is -3.72. The predicted octanol–water partition coefficient (Wildman–Crippen LogP) is 9.05. The maximum Gasteiger partial charge on any atom is 0.314 e. The van der Waals surface area contributed by atoms with Gasteiger partial charge in [0.2, 0.25) is 0 Å². The first kappa shape index (κ1) is 43.4. The lowest BCUT2D eigenvalue weighted by Crippen LogP contribution is -2.41. The highest BCUT2D eigenvalue weighted by Gasteiger charge is 2.30. The van der Waals surface area contributed by atoms with Crippen LogP contribution in [0.3, 0.4) is 0 Å². The summed E-state index contributed by atoms with van der Waals surface area (Å²) in [5.74, 6) is -3.05. The Kier molecular flexibility index (Phi) is 23.0. The third-order valence-corrected chi connectivity index (χ3v) is 9.27. The van der Waals surface area contributed by atoms with E-state index < -0.39 is 23.7 Å². The fraction of sp³-hybridized carbons (Fsp3) is 0.619. The van der Waals surface area contributed by atoms with Gasteiger partial charge in [0.25, 0.3) is 0 Å². The van der Waals surface area contributed by atoms with Crippen molar-refractivity contribution in [2.24, 2.45) is 11.7 Å². The van der Waals surface area contributed by atoms with Crippen LogP contribution in [0.25, 0.3) is 0 Å². The number of carbonyl (C=O) groups is 4. The molecule has 9 nitrogen and oxygen atoms in total. The molecule has 0 aliphatic rings. The third-order valence-electron chi connectivity index (χ3n) is 9.27. The van der Waals surface area contributed by atoms with E-state index in [-0.39, 0.29) is 30.5 Å². The number of carboxylic acids is 1. The SMILES string of the molecule is CCCCCCCCCCCCOC(=O)CCCCCCCCCCC(=O)Oc1ccc(C[C@@H](C(=O)O)C(=O)[C@@H](N)Cc2ccc(O)cc2)cc1. The van der Waals surface area contributed by atoms with Gasteiger partial charge in [-0.25, -0.2) is 0 Å². The number of nitrogens with two attached hydrogens (primary N) is 1. The summed E-state index contributed by atoms with van der Waals surface area (Å²) in [5, 5.41) is 19.1. The quantitative estimate of drug-likeness (QED) is 0.0312. The van der Waals surface area contributed by atoms with Gasteiger partial charge in [-0.15, -0.1) is 0 Å². The molecular weight excluding hydrogens is 646 g/mol. The van der Waals surface area contributed by atoms with E-state index in [4.69, 9.17) is 15.2 Å². The van der Waals surface area contributed by atoms with E-state index in [1.165, 1.54) is 63.5 Å². The molecule has 0 aliphatic heterocycles. The number of phenolic OH excluding ortho intramolecular Hbond substituents is 1. The van der Waals surface area contributed by atoms with Gasteiger partial charge in [0.05, 0.1) is 12.6 Å². The number of unbranched alkanes of at least 4 members (excludes halogenated alkanes) is 16. The average Bonchev–Trinajstić information content (AvgIpc) is 3.11. The molecule has 0 saturated carbocycles. The minimum atomic E-state index is -1.31. The number of carbonyl (C=O) groups excluding carboxylic acids is 3. The second-order valence-electron chi connectivity index (χ2n) is 13.8. The van der Waals surface area contributed by atoms with Gasteiger partial charge in [-0.1, -0.05) is 128 Å². The number of ether oxygens (including phenoxy) is 2. The molecule has 0 fully saturated rings. The van der Waals surface area contributed by atoms with E-state index in [1.807, 2.05) is 0 Å². The van der Waals surface area contributed by atoms with Crippen molar-refractivity contribution in [2.75, 3.05) is 6.61 Å². The molecule has 2 rings (SSSR count). The summed E-state index contributed by atoms with van der Waals surface area (Å²) in [4.78, 5) is 49.0. The standard InChI is InChI=1S/C42H63NO8/c1-2-3-4-5-6-7-10-13-16-19-30-50-39(45)20-17-14-11-8-9-12-15-18-21-40(46)51-36-28-24-33(25-29-36)31-37(42(48)49)41(47)38(43)32-34-22-26-35(44)27-23-34/h22-29,37-38,44H,2-21,30-32,43H2,1H3,(H,48,49)/t37-,38+/m1/s1. The summed E-state index contributed by atoms with van der Waals surface area (Å²) < 4.78 is 10.8. The normalized spacial score (nSPS) is 12.3. The Morgan fingerprint density at radius 1 is 0.608 bits per heavy atom. The highest BCUT2D eigenvalue weighted by Crippen LogP contribution is 2.20. The molecular formula is C42H63NO8. The lowest BCUT2D eigenvalue weighted by molar-refractivity contribution is -0.147. The van der Waals surface area contributed by atoms with Crippen LogP contribution >= 0.6 is 0 Å². The number of ketones is 1. The van der Waals surface area contributed by atoms with Crippen molar-refractivity contribution < 1.29 is 38.9 Å². The van der Waals surface area contributed by atoms with Gasteiger partial charge in [-0.05, 0) is 67.5 Å². The topological polar surface area (TPSA) is 153 Å². The van der Waals surface area contributed by atoms with Crippen molar-refractivity contribution in [3.63, 3.8) is 0 Å². The van der Waals surface area contributed by atoms with Gasteiger partial charge >= 0.3 is 17.9 Å². The first-order valence-electron chi connectivity index (χ1n) is 19.4. The monoisotopic (exact) mass is 709 g/mol. The molecule has 0 unspecified atom stereocenters. The van der Waals surface area contributed by atoms with Crippen LogP contribution < -0.4 is 10.5 Å². The number of phenols is 1. The second-order valence-corrected chi connectivity index (χ2v) is 13.8. The molecule has 4 N–H and O–H groups in total. The highest BCUT2D eigenvalue weighted by molar-refractivity contribution is 6.01. The molecule has 0 aromatic heterocycles. The molecule has 0 saturated heterocycles. The molecule has 0 heterocycles. The van der Waals surface area contributed by atoms with E-state index in [0.717, 1.165) is 69.8 Å². The molecule has 51 heavy (non-hydrogen) atoms. The Morgan fingerprint density at radius 3 is 1.59 bits per heavy atom. The van der Waals surface area contributed by atoms with Crippen LogP contribution in [-0.2, 0) is 36.8 Å². The Morgan fingerprint density at radius 2 is 1.06 bits per heavy atom. The maximum absolute atomic E-state index is 12.9. The second kappa shape index (κ2) is 27.0. The molecule has 0 bridgehead atoms. The van der Waals surface area contributed by atoms with E-state index in [1.54, 1.807) is 36.4 Å².